The van der Waals surface area contributed by atoms with Crippen LogP contribution in [0.25, 0.3) is 0 Å². The molecule has 5 heteroatoms. The molecule has 0 bridgehead atoms. The van der Waals surface area contributed by atoms with Crippen LogP contribution < -0.4 is 24.8 Å². The van der Waals surface area contributed by atoms with Crippen molar-refractivity contribution in [3.8, 4) is 17.2 Å². The molecule has 2 aromatic rings. The van der Waals surface area contributed by atoms with Gasteiger partial charge in [-0.05, 0) is 38.1 Å². The standard InChI is InChI=1S/C19H26N2O3/c1-14(2)24-17-7-5-6-15(12-17)20-10-11-21-18-13-16(22-3)8-9-19(18)23-4/h5-9,12-14,20-21H,10-11H2,1-4H3. The van der Waals surface area contributed by atoms with E-state index < -0.39 is 0 Å². The van der Waals surface area contributed by atoms with Gasteiger partial charge in [0.05, 0.1) is 26.0 Å². The number of hydrogen-bond donors (Lipinski definition) is 2. The Morgan fingerprint density at radius 2 is 1.67 bits per heavy atom. The van der Waals surface area contributed by atoms with Crippen LogP contribution in [0.1, 0.15) is 13.8 Å². The van der Waals surface area contributed by atoms with E-state index >= 15 is 0 Å². The topological polar surface area (TPSA) is 51.8 Å². The van der Waals surface area contributed by atoms with Gasteiger partial charge in [0.15, 0.2) is 0 Å². The highest BCUT2D eigenvalue weighted by atomic mass is 16.5. The van der Waals surface area contributed by atoms with Crippen molar-refractivity contribution in [1.82, 2.24) is 0 Å². The summed E-state index contributed by atoms with van der Waals surface area (Å²) in [5.41, 5.74) is 1.95. The zero-order chi connectivity index (χ0) is 17.4. The van der Waals surface area contributed by atoms with Crippen molar-refractivity contribution in [3.05, 3.63) is 42.5 Å². The van der Waals surface area contributed by atoms with Crippen molar-refractivity contribution in [2.24, 2.45) is 0 Å². The molecule has 130 valence electrons. The molecule has 0 aliphatic carbocycles. The fourth-order valence-electron chi connectivity index (χ4n) is 2.31. The monoisotopic (exact) mass is 330 g/mol. The van der Waals surface area contributed by atoms with Crippen molar-refractivity contribution in [3.63, 3.8) is 0 Å². The van der Waals surface area contributed by atoms with E-state index in [4.69, 9.17) is 14.2 Å². The summed E-state index contributed by atoms with van der Waals surface area (Å²) >= 11 is 0. The molecule has 0 radical (unpaired) electrons. The average Bonchev–Trinajstić information content (AvgIpc) is 2.58. The first-order valence-electron chi connectivity index (χ1n) is 8.09. The Balaban J connectivity index is 1.87. The van der Waals surface area contributed by atoms with Crippen LogP contribution in [0.3, 0.4) is 0 Å². The highest BCUT2D eigenvalue weighted by Gasteiger charge is 2.04. The van der Waals surface area contributed by atoms with Crippen LogP contribution in [0.15, 0.2) is 42.5 Å². The molecule has 0 aliphatic heterocycles. The summed E-state index contributed by atoms with van der Waals surface area (Å²) in [4.78, 5) is 0. The molecule has 0 heterocycles. The lowest BCUT2D eigenvalue weighted by atomic mass is 10.2. The highest BCUT2D eigenvalue weighted by molar-refractivity contribution is 5.60. The average molecular weight is 330 g/mol. The largest absolute Gasteiger partial charge is 0.497 e. The van der Waals surface area contributed by atoms with Crippen LogP contribution in [0.2, 0.25) is 0 Å². The molecule has 2 aromatic carbocycles. The number of nitrogens with one attached hydrogen (secondary N) is 2. The lowest BCUT2D eigenvalue weighted by Gasteiger charge is -2.14. The minimum Gasteiger partial charge on any atom is -0.497 e. The first kappa shape index (κ1) is 17.8. The maximum atomic E-state index is 5.70. The summed E-state index contributed by atoms with van der Waals surface area (Å²) in [5.74, 6) is 2.46. The van der Waals surface area contributed by atoms with Crippen LogP contribution in [0.5, 0.6) is 17.2 Å². The summed E-state index contributed by atoms with van der Waals surface area (Å²) < 4.78 is 16.3. The van der Waals surface area contributed by atoms with Gasteiger partial charge in [-0.25, -0.2) is 0 Å². The van der Waals surface area contributed by atoms with Crippen LogP contribution >= 0.6 is 0 Å². The SMILES string of the molecule is COc1ccc(OC)c(NCCNc2cccc(OC(C)C)c2)c1. The predicted molar refractivity (Wildman–Crippen MR) is 98.7 cm³/mol. The molecule has 0 saturated carbocycles. The second-order valence-electron chi connectivity index (χ2n) is 5.61. The Labute approximate surface area is 143 Å². The molecule has 5 nitrogen and oxygen atoms in total. The third-order valence-electron chi connectivity index (χ3n) is 3.38. The van der Waals surface area contributed by atoms with Gasteiger partial charge in [0.2, 0.25) is 0 Å². The molecule has 0 aromatic heterocycles. The fourth-order valence-corrected chi connectivity index (χ4v) is 2.31. The van der Waals surface area contributed by atoms with Gasteiger partial charge in [-0.2, -0.15) is 0 Å². The van der Waals surface area contributed by atoms with Crippen molar-refractivity contribution in [2.75, 3.05) is 37.9 Å². The van der Waals surface area contributed by atoms with E-state index in [1.54, 1.807) is 14.2 Å². The Hall–Kier alpha value is -2.56. The van der Waals surface area contributed by atoms with Crippen molar-refractivity contribution < 1.29 is 14.2 Å². The Kier molecular flexibility index (Phi) is 6.61. The van der Waals surface area contributed by atoms with Gasteiger partial charge in [0, 0.05) is 30.9 Å². The first-order chi connectivity index (χ1) is 11.6. The van der Waals surface area contributed by atoms with E-state index in [0.717, 1.165) is 41.7 Å². The zero-order valence-electron chi connectivity index (χ0n) is 14.8. The van der Waals surface area contributed by atoms with Crippen molar-refractivity contribution in [1.29, 1.82) is 0 Å². The minimum absolute atomic E-state index is 0.169. The predicted octanol–water partition coefficient (Wildman–Crippen LogP) is 4.02. The van der Waals surface area contributed by atoms with Gasteiger partial charge in [-0.15, -0.1) is 0 Å². The van der Waals surface area contributed by atoms with E-state index in [2.05, 4.69) is 10.6 Å². The molecule has 0 amide bonds. The van der Waals surface area contributed by atoms with E-state index in [9.17, 15) is 0 Å². The molecular weight excluding hydrogens is 304 g/mol. The third kappa shape index (κ3) is 5.26. The highest BCUT2D eigenvalue weighted by Crippen LogP contribution is 2.28. The zero-order valence-corrected chi connectivity index (χ0v) is 14.8. The molecule has 0 atom stereocenters. The molecule has 0 fully saturated rings. The first-order valence-corrected chi connectivity index (χ1v) is 8.09. The van der Waals surface area contributed by atoms with Gasteiger partial charge in [0.25, 0.3) is 0 Å². The number of methoxy groups -OCH3 is 2. The van der Waals surface area contributed by atoms with Gasteiger partial charge in [-0.3, -0.25) is 0 Å². The lowest BCUT2D eigenvalue weighted by Crippen LogP contribution is -2.14. The van der Waals surface area contributed by atoms with E-state index in [1.165, 1.54) is 0 Å². The third-order valence-corrected chi connectivity index (χ3v) is 3.38. The summed E-state index contributed by atoms with van der Waals surface area (Å²) in [7, 11) is 3.31. The van der Waals surface area contributed by atoms with Gasteiger partial charge in [0.1, 0.15) is 17.2 Å². The fraction of sp³-hybridized carbons (Fsp3) is 0.368. The minimum atomic E-state index is 0.169. The number of benzene rings is 2. The number of anilines is 2. The van der Waals surface area contributed by atoms with Gasteiger partial charge < -0.3 is 24.8 Å². The van der Waals surface area contributed by atoms with Crippen LogP contribution in [-0.2, 0) is 0 Å². The second-order valence-corrected chi connectivity index (χ2v) is 5.61. The van der Waals surface area contributed by atoms with Crippen LogP contribution in [-0.4, -0.2) is 33.4 Å². The Bertz CT molecular complexity index is 644. The van der Waals surface area contributed by atoms with Crippen LogP contribution in [0, 0.1) is 0 Å². The Morgan fingerprint density at radius 3 is 2.38 bits per heavy atom. The Morgan fingerprint density at radius 1 is 0.875 bits per heavy atom. The summed E-state index contributed by atoms with van der Waals surface area (Å²) in [6, 6.07) is 13.7. The van der Waals surface area contributed by atoms with Crippen molar-refractivity contribution in [2.45, 2.75) is 20.0 Å². The number of rotatable bonds is 9. The maximum absolute atomic E-state index is 5.70. The number of hydrogen-bond acceptors (Lipinski definition) is 5. The molecule has 0 spiro atoms. The van der Waals surface area contributed by atoms with Crippen LogP contribution in [0.4, 0.5) is 11.4 Å². The molecule has 2 N–H and O–H groups in total. The molecule has 0 saturated heterocycles. The summed E-state index contributed by atoms with van der Waals surface area (Å²) in [6.45, 7) is 5.56. The van der Waals surface area contributed by atoms with E-state index in [1.807, 2.05) is 56.3 Å². The normalized spacial score (nSPS) is 10.4. The van der Waals surface area contributed by atoms with E-state index in [-0.39, 0.29) is 6.10 Å². The van der Waals surface area contributed by atoms with Gasteiger partial charge in [-0.1, -0.05) is 6.07 Å². The van der Waals surface area contributed by atoms with Gasteiger partial charge >= 0.3 is 0 Å². The molecule has 24 heavy (non-hydrogen) atoms. The molecule has 0 unspecified atom stereocenters. The molecule has 2 rings (SSSR count). The second kappa shape index (κ2) is 8.91. The van der Waals surface area contributed by atoms with Crippen molar-refractivity contribution >= 4 is 11.4 Å². The maximum Gasteiger partial charge on any atom is 0.142 e. The lowest BCUT2D eigenvalue weighted by molar-refractivity contribution is 0.242. The molecular formula is C19H26N2O3. The smallest absolute Gasteiger partial charge is 0.142 e. The summed E-state index contributed by atoms with van der Waals surface area (Å²) in [6.07, 6.45) is 0.169. The molecule has 0 aliphatic rings. The summed E-state index contributed by atoms with van der Waals surface area (Å²) in [5, 5.41) is 6.74. The van der Waals surface area contributed by atoms with E-state index in [0.29, 0.717) is 0 Å². The quantitative estimate of drug-likeness (QED) is 0.680. The number of ether oxygens (including phenoxy) is 3.